The van der Waals surface area contributed by atoms with E-state index in [1.165, 1.54) is 0 Å². The van der Waals surface area contributed by atoms with Gasteiger partial charge in [-0.1, -0.05) is 30.5 Å². The number of hydrogen-bond donors (Lipinski definition) is 0. The van der Waals surface area contributed by atoms with Crippen LogP contribution in [0, 0.1) is 0 Å². The second-order valence-corrected chi connectivity index (χ2v) is 5.61. The third-order valence-corrected chi connectivity index (χ3v) is 4.60. The first-order chi connectivity index (χ1) is 9.18. The molecular formula is C15H15ClN2O. The molecule has 2 aromatic rings. The summed E-state index contributed by atoms with van der Waals surface area (Å²) in [5, 5.41) is 1.74. The van der Waals surface area contributed by atoms with Crippen molar-refractivity contribution < 1.29 is 4.79 Å². The van der Waals surface area contributed by atoms with Gasteiger partial charge in [0, 0.05) is 24.1 Å². The van der Waals surface area contributed by atoms with Crippen LogP contribution in [0.1, 0.15) is 31.2 Å². The van der Waals surface area contributed by atoms with Crippen LogP contribution in [-0.2, 0) is 17.4 Å². The summed E-state index contributed by atoms with van der Waals surface area (Å²) in [6.07, 6.45) is 7.64. The van der Waals surface area contributed by atoms with E-state index in [0.717, 1.165) is 47.2 Å². The van der Waals surface area contributed by atoms with E-state index in [2.05, 4.69) is 11.1 Å². The normalized spacial score (nSPS) is 17.6. The summed E-state index contributed by atoms with van der Waals surface area (Å²) in [5.41, 5.74) is 1.61. The van der Waals surface area contributed by atoms with Gasteiger partial charge < -0.3 is 4.57 Å². The van der Waals surface area contributed by atoms with Crippen LogP contribution in [-0.4, -0.2) is 10.6 Å². The maximum Gasteiger partial charge on any atom is 0.235 e. The lowest BCUT2D eigenvalue weighted by Gasteiger charge is -2.24. The van der Waals surface area contributed by atoms with Crippen molar-refractivity contribution in [3.63, 3.8) is 0 Å². The van der Waals surface area contributed by atoms with Crippen molar-refractivity contribution in [3.05, 3.63) is 35.0 Å². The smallest absolute Gasteiger partial charge is 0.235 e. The van der Waals surface area contributed by atoms with Gasteiger partial charge in [0.05, 0.1) is 10.6 Å². The highest BCUT2D eigenvalue weighted by Crippen LogP contribution is 2.46. The molecule has 0 N–H and O–H groups in total. The fourth-order valence-corrected chi connectivity index (χ4v) is 3.56. The molecular weight excluding hydrogens is 260 g/mol. The molecule has 0 amide bonds. The van der Waals surface area contributed by atoms with Crippen molar-refractivity contribution >= 4 is 28.6 Å². The summed E-state index contributed by atoms with van der Waals surface area (Å²) >= 11 is 6.56. The second kappa shape index (κ2) is 4.52. The Morgan fingerprint density at radius 1 is 1.32 bits per heavy atom. The Morgan fingerprint density at radius 2 is 2.05 bits per heavy atom. The maximum atomic E-state index is 10.8. The van der Waals surface area contributed by atoms with Crippen LogP contribution in [0.15, 0.2) is 29.4 Å². The Balaban J connectivity index is 2.24. The minimum atomic E-state index is -0.455. The Labute approximate surface area is 116 Å². The number of rotatable bonds is 2. The van der Waals surface area contributed by atoms with Gasteiger partial charge in [0.1, 0.15) is 0 Å². The monoisotopic (exact) mass is 274 g/mol. The van der Waals surface area contributed by atoms with E-state index in [0.29, 0.717) is 0 Å². The fourth-order valence-electron chi connectivity index (χ4n) is 3.16. The highest BCUT2D eigenvalue weighted by Gasteiger charge is 2.37. The number of hydrogen-bond acceptors (Lipinski definition) is 2. The summed E-state index contributed by atoms with van der Waals surface area (Å²) in [6, 6.07) is 6.07. The van der Waals surface area contributed by atoms with Crippen molar-refractivity contribution in [2.75, 3.05) is 0 Å². The molecule has 98 valence electrons. The lowest BCUT2D eigenvalue weighted by Crippen LogP contribution is -2.19. The third-order valence-electron chi connectivity index (χ3n) is 4.19. The quantitative estimate of drug-likeness (QED) is 0.603. The number of benzene rings is 1. The van der Waals surface area contributed by atoms with Gasteiger partial charge in [-0.15, -0.1) is 0 Å². The lowest BCUT2D eigenvalue weighted by atomic mass is 9.88. The van der Waals surface area contributed by atoms with Gasteiger partial charge in [-0.25, -0.2) is 4.79 Å². The molecule has 1 aromatic carbocycles. The van der Waals surface area contributed by atoms with Crippen molar-refractivity contribution in [1.29, 1.82) is 0 Å². The van der Waals surface area contributed by atoms with E-state index in [9.17, 15) is 4.79 Å². The summed E-state index contributed by atoms with van der Waals surface area (Å²) in [7, 11) is 1.99. The zero-order valence-electron chi connectivity index (χ0n) is 10.8. The van der Waals surface area contributed by atoms with E-state index in [1.807, 2.05) is 29.9 Å². The molecule has 4 heteroatoms. The van der Waals surface area contributed by atoms with Crippen LogP contribution >= 0.6 is 11.6 Å². The molecule has 1 fully saturated rings. The number of aromatic nitrogens is 1. The molecule has 0 spiro atoms. The summed E-state index contributed by atoms with van der Waals surface area (Å²) in [5.74, 6) is 0. The van der Waals surface area contributed by atoms with Crippen LogP contribution in [0.4, 0.5) is 0 Å². The topological polar surface area (TPSA) is 34.4 Å². The van der Waals surface area contributed by atoms with Gasteiger partial charge in [-0.3, -0.25) is 0 Å². The molecule has 0 saturated heterocycles. The number of isocyanates is 1. The highest BCUT2D eigenvalue weighted by atomic mass is 35.5. The number of carbonyl (C=O) groups excluding carboxylic acids is 1. The molecule has 1 heterocycles. The zero-order chi connectivity index (χ0) is 13.5. The van der Waals surface area contributed by atoms with Crippen molar-refractivity contribution in [3.8, 4) is 0 Å². The molecule has 3 rings (SSSR count). The molecule has 0 aliphatic heterocycles. The predicted molar refractivity (Wildman–Crippen MR) is 76.2 cm³/mol. The molecule has 1 aliphatic carbocycles. The molecule has 1 aliphatic rings. The molecule has 1 aromatic heterocycles. The van der Waals surface area contributed by atoms with E-state index in [1.54, 1.807) is 6.08 Å². The van der Waals surface area contributed by atoms with Gasteiger partial charge in [-0.05, 0) is 30.5 Å². The number of aryl methyl sites for hydroxylation is 1. The van der Waals surface area contributed by atoms with E-state index >= 15 is 0 Å². The molecule has 0 atom stereocenters. The van der Waals surface area contributed by atoms with E-state index < -0.39 is 5.54 Å². The average Bonchev–Trinajstić information content (AvgIpc) is 3.00. The summed E-state index contributed by atoms with van der Waals surface area (Å²) in [6.45, 7) is 0. The summed E-state index contributed by atoms with van der Waals surface area (Å²) in [4.78, 5) is 14.9. The van der Waals surface area contributed by atoms with E-state index in [-0.39, 0.29) is 0 Å². The lowest BCUT2D eigenvalue weighted by molar-refractivity contribution is 0.456. The highest BCUT2D eigenvalue weighted by molar-refractivity contribution is 6.36. The Kier molecular flexibility index (Phi) is 2.96. The van der Waals surface area contributed by atoms with Crippen LogP contribution in [0.2, 0.25) is 5.02 Å². The number of aliphatic imine (C=N–C) groups is 1. The Morgan fingerprint density at radius 3 is 2.74 bits per heavy atom. The first-order valence-electron chi connectivity index (χ1n) is 6.51. The molecule has 0 bridgehead atoms. The third kappa shape index (κ3) is 1.81. The fraction of sp³-hybridized carbons (Fsp3) is 0.400. The Bertz CT molecular complexity index is 677. The van der Waals surface area contributed by atoms with Crippen LogP contribution in [0.25, 0.3) is 10.9 Å². The number of fused-ring (bicyclic) bond motifs is 1. The molecule has 3 nitrogen and oxygen atoms in total. The van der Waals surface area contributed by atoms with Crippen LogP contribution < -0.4 is 0 Å². The van der Waals surface area contributed by atoms with Crippen LogP contribution in [0.3, 0.4) is 0 Å². The largest absolute Gasteiger partial charge is 0.351 e. The molecule has 1 saturated carbocycles. The average molecular weight is 275 g/mol. The molecule has 19 heavy (non-hydrogen) atoms. The van der Waals surface area contributed by atoms with Gasteiger partial charge >= 0.3 is 0 Å². The number of halogens is 1. The minimum Gasteiger partial charge on any atom is -0.351 e. The first kappa shape index (κ1) is 12.5. The van der Waals surface area contributed by atoms with Gasteiger partial charge in [0.15, 0.2) is 0 Å². The maximum absolute atomic E-state index is 10.8. The molecule has 0 unspecified atom stereocenters. The second-order valence-electron chi connectivity index (χ2n) is 5.23. The van der Waals surface area contributed by atoms with Crippen molar-refractivity contribution in [2.24, 2.45) is 12.0 Å². The van der Waals surface area contributed by atoms with E-state index in [4.69, 9.17) is 11.6 Å². The van der Waals surface area contributed by atoms with Crippen LogP contribution in [0.5, 0.6) is 0 Å². The van der Waals surface area contributed by atoms with Gasteiger partial charge in [-0.2, -0.15) is 4.99 Å². The van der Waals surface area contributed by atoms with Crippen molar-refractivity contribution in [2.45, 2.75) is 31.2 Å². The Hall–Kier alpha value is -1.57. The minimum absolute atomic E-state index is 0.455. The van der Waals surface area contributed by atoms with Gasteiger partial charge in [0.2, 0.25) is 6.08 Å². The SMILES string of the molecule is Cn1ccc2c(Cl)c(C3(N=C=O)CCCC3)ccc21. The first-order valence-corrected chi connectivity index (χ1v) is 6.89. The standard InChI is InChI=1S/C15H15ClN2O/c1-18-9-6-11-13(18)5-4-12(14(11)16)15(17-10-19)7-2-3-8-15/h4-6,9H,2-3,7-8H2,1H3. The van der Waals surface area contributed by atoms with Gasteiger partial charge in [0.25, 0.3) is 0 Å². The number of nitrogens with zero attached hydrogens (tertiary/aromatic N) is 2. The zero-order valence-corrected chi connectivity index (χ0v) is 11.6. The summed E-state index contributed by atoms with van der Waals surface area (Å²) < 4.78 is 2.04. The molecule has 0 radical (unpaired) electrons. The van der Waals surface area contributed by atoms with Crippen molar-refractivity contribution in [1.82, 2.24) is 4.57 Å². The predicted octanol–water partition coefficient (Wildman–Crippen LogP) is 3.94.